The first-order chi connectivity index (χ1) is 17.7. The maximum atomic E-state index is 12.4. The fourth-order valence-electron chi connectivity index (χ4n) is 3.33. The Kier molecular flexibility index (Phi) is 9.17. The molecule has 0 spiro atoms. The number of non-ortho nitro benzene ring substituents is 1. The highest BCUT2D eigenvalue weighted by Gasteiger charge is 2.15. The largest absolute Gasteiger partial charge is 0.490 e. The molecule has 2 N–H and O–H groups in total. The molecule has 0 saturated heterocycles. The van der Waals surface area contributed by atoms with E-state index in [1.165, 1.54) is 30.5 Å². The highest BCUT2D eigenvalue weighted by atomic mass is 35.5. The van der Waals surface area contributed by atoms with Crippen LogP contribution in [0.1, 0.15) is 34.0 Å². The maximum absolute atomic E-state index is 12.4. The Morgan fingerprint density at radius 1 is 1.11 bits per heavy atom. The second-order valence-electron chi connectivity index (χ2n) is 7.92. The Balaban J connectivity index is 1.67. The van der Waals surface area contributed by atoms with Crippen molar-refractivity contribution in [2.24, 2.45) is 5.10 Å². The molecule has 3 aromatic rings. The fraction of sp³-hybridized carbons (Fsp3) is 0.192. The van der Waals surface area contributed by atoms with Gasteiger partial charge in [-0.1, -0.05) is 35.4 Å². The van der Waals surface area contributed by atoms with Gasteiger partial charge < -0.3 is 14.8 Å². The van der Waals surface area contributed by atoms with Crippen LogP contribution in [0.3, 0.4) is 0 Å². The summed E-state index contributed by atoms with van der Waals surface area (Å²) in [5.41, 5.74) is 5.39. The number of nitro groups is 1. The van der Waals surface area contributed by atoms with E-state index in [9.17, 15) is 19.7 Å². The number of rotatable bonds is 10. The molecule has 3 rings (SSSR count). The molecular formula is C26H25ClN4O6. The van der Waals surface area contributed by atoms with E-state index in [4.69, 9.17) is 21.1 Å². The van der Waals surface area contributed by atoms with Crippen LogP contribution in [0.5, 0.6) is 11.5 Å². The average molecular weight is 525 g/mol. The molecule has 0 aromatic heterocycles. The summed E-state index contributed by atoms with van der Waals surface area (Å²) in [4.78, 5) is 35.0. The van der Waals surface area contributed by atoms with Crippen molar-refractivity contribution in [1.29, 1.82) is 0 Å². The van der Waals surface area contributed by atoms with Gasteiger partial charge in [-0.25, -0.2) is 5.43 Å². The highest BCUT2D eigenvalue weighted by molar-refractivity contribution is 6.32. The summed E-state index contributed by atoms with van der Waals surface area (Å²) < 4.78 is 11.3. The van der Waals surface area contributed by atoms with Gasteiger partial charge in [-0.3, -0.25) is 19.7 Å². The summed E-state index contributed by atoms with van der Waals surface area (Å²) >= 11 is 6.39. The van der Waals surface area contributed by atoms with Crippen LogP contribution in [-0.4, -0.2) is 36.2 Å². The van der Waals surface area contributed by atoms with Gasteiger partial charge in [0, 0.05) is 23.4 Å². The fourth-order valence-corrected chi connectivity index (χ4v) is 3.61. The van der Waals surface area contributed by atoms with E-state index in [-0.39, 0.29) is 34.5 Å². The first kappa shape index (κ1) is 27.2. The number of hydrazone groups is 1. The van der Waals surface area contributed by atoms with E-state index in [0.29, 0.717) is 23.6 Å². The lowest BCUT2D eigenvalue weighted by Gasteiger charge is -2.15. The number of nitrogens with zero attached hydrogens (tertiary/aromatic N) is 2. The minimum atomic E-state index is -0.620. The number of benzene rings is 3. The van der Waals surface area contributed by atoms with Gasteiger partial charge in [0.05, 0.1) is 22.8 Å². The van der Waals surface area contributed by atoms with E-state index in [1.807, 2.05) is 32.0 Å². The predicted octanol–water partition coefficient (Wildman–Crippen LogP) is 5.05. The predicted molar refractivity (Wildman–Crippen MR) is 141 cm³/mol. The Bertz CT molecular complexity index is 1360. The number of amides is 2. The maximum Gasteiger partial charge on any atom is 0.271 e. The Hall–Kier alpha value is -4.44. The molecule has 0 aliphatic heterocycles. The Morgan fingerprint density at radius 3 is 2.59 bits per heavy atom. The van der Waals surface area contributed by atoms with E-state index in [1.54, 1.807) is 13.0 Å². The van der Waals surface area contributed by atoms with Gasteiger partial charge in [-0.2, -0.15) is 5.10 Å². The van der Waals surface area contributed by atoms with Crippen LogP contribution >= 0.6 is 11.6 Å². The lowest BCUT2D eigenvalue weighted by molar-refractivity contribution is -0.384. The number of carbonyl (C=O) groups is 2. The molecule has 0 aliphatic rings. The van der Waals surface area contributed by atoms with Crippen molar-refractivity contribution < 1.29 is 24.0 Å². The Labute approximate surface area is 218 Å². The van der Waals surface area contributed by atoms with Gasteiger partial charge >= 0.3 is 0 Å². The number of hydrogen-bond acceptors (Lipinski definition) is 7. The van der Waals surface area contributed by atoms with Gasteiger partial charge in [0.2, 0.25) is 0 Å². The van der Waals surface area contributed by atoms with Crippen LogP contribution < -0.4 is 20.2 Å². The molecule has 11 heteroatoms. The van der Waals surface area contributed by atoms with E-state index < -0.39 is 10.8 Å². The van der Waals surface area contributed by atoms with Gasteiger partial charge in [0.25, 0.3) is 17.5 Å². The quantitative estimate of drug-likeness (QED) is 0.217. The zero-order valence-electron chi connectivity index (χ0n) is 20.4. The van der Waals surface area contributed by atoms with Crippen molar-refractivity contribution in [3.05, 3.63) is 92.0 Å². The van der Waals surface area contributed by atoms with Crippen molar-refractivity contribution in [1.82, 2.24) is 5.43 Å². The molecule has 0 aliphatic carbocycles. The monoisotopic (exact) mass is 524 g/mol. The molecule has 0 fully saturated rings. The van der Waals surface area contributed by atoms with Crippen molar-refractivity contribution in [2.75, 3.05) is 18.5 Å². The van der Waals surface area contributed by atoms with Gasteiger partial charge in [-0.05, 0) is 56.2 Å². The van der Waals surface area contributed by atoms with Gasteiger partial charge in [0.15, 0.2) is 18.1 Å². The van der Waals surface area contributed by atoms with Crippen LogP contribution in [0.4, 0.5) is 11.4 Å². The van der Waals surface area contributed by atoms with Crippen molar-refractivity contribution in [2.45, 2.75) is 20.8 Å². The minimum absolute atomic E-state index is 0.0854. The van der Waals surface area contributed by atoms with Gasteiger partial charge in [-0.15, -0.1) is 0 Å². The normalized spacial score (nSPS) is 10.7. The highest BCUT2D eigenvalue weighted by Crippen LogP contribution is 2.36. The summed E-state index contributed by atoms with van der Waals surface area (Å²) in [6.45, 7) is 5.68. The molecule has 0 unspecified atom stereocenters. The lowest BCUT2D eigenvalue weighted by Crippen LogP contribution is -2.21. The van der Waals surface area contributed by atoms with Crippen molar-refractivity contribution in [3.8, 4) is 11.5 Å². The number of halogens is 1. The summed E-state index contributed by atoms with van der Waals surface area (Å²) in [6.07, 6.45) is 1.33. The molecule has 37 heavy (non-hydrogen) atoms. The van der Waals surface area contributed by atoms with E-state index >= 15 is 0 Å². The Morgan fingerprint density at radius 2 is 1.89 bits per heavy atom. The smallest absolute Gasteiger partial charge is 0.271 e. The molecule has 0 atom stereocenters. The number of anilines is 1. The lowest BCUT2D eigenvalue weighted by atomic mass is 10.1. The second-order valence-corrected chi connectivity index (χ2v) is 8.33. The van der Waals surface area contributed by atoms with Gasteiger partial charge in [0.1, 0.15) is 0 Å². The van der Waals surface area contributed by atoms with E-state index in [2.05, 4.69) is 15.8 Å². The summed E-state index contributed by atoms with van der Waals surface area (Å²) in [6, 6.07) is 14.1. The molecular weight excluding hydrogens is 500 g/mol. The zero-order chi connectivity index (χ0) is 26.9. The third kappa shape index (κ3) is 7.52. The summed E-state index contributed by atoms with van der Waals surface area (Å²) in [7, 11) is 0. The SMILES string of the molecule is CCOc1cc(/C=N/NC(=O)c2cccc([N+](=O)[O-])c2)cc(Cl)c1OCC(=O)Nc1ccc(C)cc1C. The van der Waals surface area contributed by atoms with Crippen LogP contribution in [0.2, 0.25) is 5.02 Å². The standard InChI is InChI=1S/C26H25ClN4O6/c1-4-36-23-12-18(14-28-30-26(33)19-6-5-7-20(13-19)31(34)35)11-21(27)25(23)37-15-24(32)29-22-9-8-16(2)10-17(22)3/h5-14H,4,15H2,1-3H3,(H,29,32)(H,30,33)/b28-14+. The number of nitrogens with one attached hydrogen (secondary N) is 2. The molecule has 0 heterocycles. The number of ether oxygens (including phenoxy) is 2. The third-order valence-electron chi connectivity index (χ3n) is 5.03. The van der Waals surface area contributed by atoms with Crippen LogP contribution in [-0.2, 0) is 4.79 Å². The number of aryl methyl sites for hydroxylation is 2. The zero-order valence-corrected chi connectivity index (χ0v) is 21.2. The van der Waals surface area contributed by atoms with Crippen molar-refractivity contribution in [3.63, 3.8) is 0 Å². The summed E-state index contributed by atoms with van der Waals surface area (Å²) in [5, 5.41) is 17.8. The van der Waals surface area contributed by atoms with Crippen LogP contribution in [0.25, 0.3) is 0 Å². The first-order valence-corrected chi connectivity index (χ1v) is 11.6. The topological polar surface area (TPSA) is 132 Å². The average Bonchev–Trinajstić information content (AvgIpc) is 2.85. The van der Waals surface area contributed by atoms with Crippen molar-refractivity contribution >= 4 is 41.0 Å². The van der Waals surface area contributed by atoms with Crippen LogP contribution in [0, 0.1) is 24.0 Å². The number of carbonyl (C=O) groups excluding carboxylic acids is 2. The molecule has 0 saturated carbocycles. The molecule has 2 amide bonds. The molecule has 0 radical (unpaired) electrons. The third-order valence-corrected chi connectivity index (χ3v) is 5.31. The molecule has 192 valence electrons. The summed E-state index contributed by atoms with van der Waals surface area (Å²) in [5.74, 6) is -0.497. The second kappa shape index (κ2) is 12.5. The number of hydrogen-bond donors (Lipinski definition) is 2. The molecule has 10 nitrogen and oxygen atoms in total. The minimum Gasteiger partial charge on any atom is -0.490 e. The van der Waals surface area contributed by atoms with E-state index in [0.717, 1.165) is 17.2 Å². The van der Waals surface area contributed by atoms with Crippen LogP contribution in [0.15, 0.2) is 59.7 Å². The molecule has 3 aromatic carbocycles. The number of nitro benzene ring substituents is 1. The first-order valence-electron chi connectivity index (χ1n) is 11.2. The molecule has 0 bridgehead atoms.